The van der Waals surface area contributed by atoms with Gasteiger partial charge in [0.25, 0.3) is 5.91 Å². The van der Waals surface area contributed by atoms with Crippen molar-refractivity contribution >= 4 is 45.9 Å². The Labute approximate surface area is 204 Å². The van der Waals surface area contributed by atoms with E-state index < -0.39 is 58.0 Å². The summed E-state index contributed by atoms with van der Waals surface area (Å²) in [5.41, 5.74) is 4.38. The molecule has 0 unspecified atom stereocenters. The monoisotopic (exact) mass is 501 g/mol. The van der Waals surface area contributed by atoms with Gasteiger partial charge in [0.15, 0.2) is 17.0 Å². The molecule has 35 heavy (non-hydrogen) atoms. The van der Waals surface area contributed by atoms with Gasteiger partial charge in [-0.05, 0) is 57.0 Å². The third kappa shape index (κ3) is 2.96. The molecular weight excluding hydrogens is 478 g/mol. The van der Waals surface area contributed by atoms with Crippen LogP contribution < -0.4 is 5.73 Å². The first-order valence-electron chi connectivity index (χ1n) is 11.1. The summed E-state index contributed by atoms with van der Waals surface area (Å²) in [6, 6.07) is 0.726. The molecule has 1 fully saturated rings. The molecule has 0 aliphatic heterocycles. The fourth-order valence-corrected chi connectivity index (χ4v) is 6.10. The first-order chi connectivity index (χ1) is 16.4. The number of benzene rings is 1. The molecule has 10 nitrogen and oxygen atoms in total. The SMILES string of the molecule is Cc1cc2nc(CCl)oc2c2c1C[C@H]1C[C@H]3[C@H](N(C)C)C(=O)C(C(N)=O)=C(O)[C@@]3(O)C(=O)C1=C2O. The molecule has 3 aliphatic carbocycles. The Bertz CT molecular complexity index is 1410. The number of ketones is 2. The molecule has 3 aliphatic rings. The molecule has 184 valence electrons. The Balaban J connectivity index is 1.78. The van der Waals surface area contributed by atoms with Gasteiger partial charge in [0.1, 0.15) is 22.6 Å². The third-order valence-corrected chi connectivity index (χ3v) is 7.71. The first kappa shape index (κ1) is 23.5. The maximum atomic E-state index is 13.9. The standard InChI is InChI=1S/C24H24ClN3O7/c1-8-4-12-20(35-13(7-25)27-12)15-10(8)5-9-6-11-17(28(2)3)19(30)16(23(26)33)22(32)24(11,34)21(31)14(9)18(15)29/h4,9,11,17,29,32,34H,5-7H2,1-3H3,(H2,26,33)/t9-,11-,17-,24-/m0/s1. The van der Waals surface area contributed by atoms with Gasteiger partial charge in [0.05, 0.1) is 17.5 Å². The summed E-state index contributed by atoms with van der Waals surface area (Å²) >= 11 is 5.87. The van der Waals surface area contributed by atoms with Crippen molar-refractivity contribution in [3.8, 4) is 0 Å². The number of aryl methyl sites for hydroxylation is 1. The highest BCUT2D eigenvalue weighted by Crippen LogP contribution is 2.52. The number of hydrogen-bond donors (Lipinski definition) is 4. The van der Waals surface area contributed by atoms with Gasteiger partial charge in [0, 0.05) is 11.5 Å². The number of primary amides is 1. The van der Waals surface area contributed by atoms with Crippen molar-refractivity contribution < 1.29 is 34.1 Å². The molecule has 4 atom stereocenters. The molecule has 1 saturated carbocycles. The average Bonchev–Trinajstić information content (AvgIpc) is 3.18. The summed E-state index contributed by atoms with van der Waals surface area (Å²) in [6.45, 7) is 1.85. The van der Waals surface area contributed by atoms with Crippen molar-refractivity contribution in [2.45, 2.75) is 37.3 Å². The zero-order valence-electron chi connectivity index (χ0n) is 19.3. The number of amides is 1. The maximum Gasteiger partial charge on any atom is 0.255 e. The fourth-order valence-electron chi connectivity index (χ4n) is 5.98. The number of aliphatic hydroxyl groups is 3. The number of oxazole rings is 1. The summed E-state index contributed by atoms with van der Waals surface area (Å²) in [5, 5.41) is 33.9. The highest BCUT2D eigenvalue weighted by atomic mass is 35.5. The fraction of sp³-hybridized carbons (Fsp3) is 0.417. The van der Waals surface area contributed by atoms with Crippen molar-refractivity contribution in [1.82, 2.24) is 9.88 Å². The highest BCUT2D eigenvalue weighted by molar-refractivity contribution is 6.24. The Hall–Kier alpha value is -3.21. The molecular formula is C24H24ClN3O7. The van der Waals surface area contributed by atoms with E-state index in [4.69, 9.17) is 21.8 Å². The van der Waals surface area contributed by atoms with E-state index >= 15 is 0 Å². The van der Waals surface area contributed by atoms with Crippen LogP contribution in [0.5, 0.6) is 0 Å². The lowest BCUT2D eigenvalue weighted by Crippen LogP contribution is -2.65. The van der Waals surface area contributed by atoms with Gasteiger partial charge in [-0.1, -0.05) is 0 Å². The van der Waals surface area contributed by atoms with Crippen molar-refractivity contribution in [3.05, 3.63) is 45.6 Å². The summed E-state index contributed by atoms with van der Waals surface area (Å²) in [7, 11) is 3.15. The van der Waals surface area contributed by atoms with Gasteiger partial charge in [-0.25, -0.2) is 4.98 Å². The normalized spacial score (nSPS) is 28.5. The van der Waals surface area contributed by atoms with Crippen molar-refractivity contribution in [2.24, 2.45) is 17.6 Å². The first-order valence-corrected chi connectivity index (χ1v) is 11.6. The number of nitrogens with two attached hydrogens (primary N) is 1. The molecule has 11 heteroatoms. The van der Waals surface area contributed by atoms with E-state index in [1.165, 1.54) is 4.90 Å². The Morgan fingerprint density at radius 3 is 2.63 bits per heavy atom. The summed E-state index contributed by atoms with van der Waals surface area (Å²) in [5.74, 6) is -5.83. The number of aromatic nitrogens is 1. The molecule has 0 saturated heterocycles. The van der Waals surface area contributed by atoms with E-state index in [1.54, 1.807) is 14.1 Å². The Morgan fingerprint density at radius 1 is 1.34 bits per heavy atom. The molecule has 5 rings (SSSR count). The molecule has 0 bridgehead atoms. The predicted molar refractivity (Wildman–Crippen MR) is 124 cm³/mol. The summed E-state index contributed by atoms with van der Waals surface area (Å²) < 4.78 is 5.74. The van der Waals surface area contributed by atoms with Crippen molar-refractivity contribution in [1.29, 1.82) is 0 Å². The van der Waals surface area contributed by atoms with E-state index in [2.05, 4.69) is 4.98 Å². The average molecular weight is 502 g/mol. The zero-order chi connectivity index (χ0) is 25.6. The van der Waals surface area contributed by atoms with Gasteiger partial charge in [0.2, 0.25) is 11.7 Å². The van der Waals surface area contributed by atoms with Crippen LogP contribution in [0.25, 0.3) is 16.9 Å². The minimum absolute atomic E-state index is 0.0112. The molecule has 1 aromatic carbocycles. The molecule has 2 aromatic rings. The number of halogens is 1. The van der Waals surface area contributed by atoms with Crippen LogP contribution in [0.1, 0.15) is 29.0 Å². The largest absolute Gasteiger partial charge is 0.508 e. The summed E-state index contributed by atoms with van der Waals surface area (Å²) in [6.07, 6.45) is 0.416. The van der Waals surface area contributed by atoms with Crippen LogP contribution in [0.15, 0.2) is 27.4 Å². The second-order valence-corrected chi connectivity index (χ2v) is 9.87. The van der Waals surface area contributed by atoms with Crippen LogP contribution in [0.4, 0.5) is 0 Å². The van der Waals surface area contributed by atoms with Gasteiger partial charge in [-0.15, -0.1) is 11.6 Å². The quantitative estimate of drug-likeness (QED) is 0.359. The number of rotatable bonds is 3. The van der Waals surface area contributed by atoms with Gasteiger partial charge >= 0.3 is 0 Å². The van der Waals surface area contributed by atoms with E-state index in [1.807, 2.05) is 13.0 Å². The van der Waals surface area contributed by atoms with Crippen molar-refractivity contribution in [2.75, 3.05) is 14.1 Å². The summed E-state index contributed by atoms with van der Waals surface area (Å²) in [4.78, 5) is 44.8. The van der Waals surface area contributed by atoms with Crippen LogP contribution in [0.3, 0.4) is 0 Å². The molecule has 1 aromatic heterocycles. The molecule has 1 amide bonds. The number of carbonyl (C=O) groups excluding carboxylic acids is 3. The maximum absolute atomic E-state index is 13.9. The second kappa shape index (κ2) is 7.64. The van der Waals surface area contributed by atoms with Gasteiger partial charge in [-0.2, -0.15) is 0 Å². The van der Waals surface area contributed by atoms with Gasteiger partial charge in [-0.3, -0.25) is 19.3 Å². The van der Waals surface area contributed by atoms with E-state index in [9.17, 15) is 29.7 Å². The van der Waals surface area contributed by atoms with Gasteiger partial charge < -0.3 is 25.5 Å². The molecule has 1 heterocycles. The lowest BCUT2D eigenvalue weighted by molar-refractivity contribution is -0.153. The van der Waals surface area contributed by atoms with E-state index in [0.717, 1.165) is 11.1 Å². The van der Waals surface area contributed by atoms with Crippen LogP contribution in [0, 0.1) is 18.8 Å². The number of nitrogens with zero attached hydrogens (tertiary/aromatic N) is 2. The Kier molecular flexibility index (Phi) is 5.14. The number of fused-ring (bicyclic) bond motifs is 5. The van der Waals surface area contributed by atoms with E-state index in [0.29, 0.717) is 11.9 Å². The number of likely N-dealkylation sites (N-methyl/N-ethyl adjacent to an activating group) is 1. The number of alkyl halides is 1. The number of Topliss-reactive ketones (excluding diaryl/α,β-unsaturated/α-hetero) is 2. The third-order valence-electron chi connectivity index (χ3n) is 7.48. The van der Waals surface area contributed by atoms with Crippen LogP contribution in [0.2, 0.25) is 0 Å². The molecule has 0 radical (unpaired) electrons. The topological polar surface area (TPSA) is 167 Å². The second-order valence-electron chi connectivity index (χ2n) is 9.60. The minimum Gasteiger partial charge on any atom is -0.508 e. The number of hydrogen-bond acceptors (Lipinski definition) is 9. The van der Waals surface area contributed by atoms with E-state index in [-0.39, 0.29) is 34.9 Å². The Morgan fingerprint density at radius 2 is 2.03 bits per heavy atom. The van der Waals surface area contributed by atoms with Crippen LogP contribution in [-0.4, -0.2) is 68.4 Å². The number of aliphatic hydroxyl groups excluding tert-OH is 2. The lowest BCUT2D eigenvalue weighted by Gasteiger charge is -2.50. The van der Waals surface area contributed by atoms with Crippen LogP contribution in [-0.2, 0) is 26.7 Å². The zero-order valence-corrected chi connectivity index (χ0v) is 20.0. The highest BCUT2D eigenvalue weighted by Gasteiger charge is 2.64. The smallest absolute Gasteiger partial charge is 0.255 e. The minimum atomic E-state index is -2.61. The lowest BCUT2D eigenvalue weighted by atomic mass is 9.57. The molecule has 0 spiro atoms. The molecule has 5 N–H and O–H groups in total. The predicted octanol–water partition coefficient (Wildman–Crippen LogP) is 1.45. The van der Waals surface area contributed by atoms with Crippen molar-refractivity contribution in [3.63, 3.8) is 0 Å². The number of carbonyl (C=O) groups is 3. The van der Waals surface area contributed by atoms with Crippen LogP contribution >= 0.6 is 11.6 Å².